The Kier molecular flexibility index (Phi) is 17.6. The Balaban J connectivity index is -0.000000845. The predicted octanol–water partition coefficient (Wildman–Crippen LogP) is -1.57. The fourth-order valence-corrected chi connectivity index (χ4v) is 2.61. The van der Waals surface area contributed by atoms with E-state index in [1.54, 1.807) is 0 Å². The van der Waals surface area contributed by atoms with Gasteiger partial charge < -0.3 is 21.7 Å². The first-order chi connectivity index (χ1) is 6.45. The van der Waals surface area contributed by atoms with Crippen molar-refractivity contribution in [1.82, 2.24) is 0 Å². The average molecular weight is 478 g/mol. The minimum Gasteiger partial charge on any atom is -0.480 e. The van der Waals surface area contributed by atoms with Gasteiger partial charge in [-0.25, -0.2) is 0 Å². The number of aliphatic carboxylic acids is 2. The van der Waals surface area contributed by atoms with Crippen LogP contribution in [0.5, 0.6) is 0 Å². The van der Waals surface area contributed by atoms with Crippen LogP contribution in [0.3, 0.4) is 0 Å². The summed E-state index contributed by atoms with van der Waals surface area (Å²) in [5.41, 5.74) is 10.4. The molecule has 0 bridgehead atoms. The van der Waals surface area contributed by atoms with Gasteiger partial charge in [0.2, 0.25) is 0 Å². The summed E-state index contributed by atoms with van der Waals surface area (Å²) >= 11 is 0. The second-order valence-electron chi connectivity index (χ2n) is 2.46. The maximum atomic E-state index is 10.3. The Hall–Kier alpha value is 1.16. The van der Waals surface area contributed by atoms with Crippen LogP contribution < -0.4 is 11.5 Å². The number of carboxylic acids is 2. The molecule has 6 nitrogen and oxygen atoms in total. The molecule has 0 aromatic rings. The molecule has 0 aromatic heterocycles. The zero-order valence-electron chi connectivity index (χ0n) is 8.25. The summed E-state index contributed by atoms with van der Waals surface area (Å²) in [5, 5.41) is 16.8. The minimum atomic E-state index is -1.07. The molecule has 0 spiro atoms. The van der Waals surface area contributed by atoms with Crippen molar-refractivity contribution in [1.29, 1.82) is 0 Å². The quantitative estimate of drug-likeness (QED) is 0.197. The number of nitrogens with two attached hydrogens (primary N) is 2. The van der Waals surface area contributed by atoms with E-state index >= 15 is 0 Å². The SMILES string of the molecule is N[C@@H](CSSC[C@H](N)C(=O)O)C(=O)O.[Sn].[Sn]. The van der Waals surface area contributed by atoms with Gasteiger partial charge in [-0.1, -0.05) is 21.6 Å². The van der Waals surface area contributed by atoms with Gasteiger partial charge in [0.1, 0.15) is 12.1 Å². The third-order valence-electron chi connectivity index (χ3n) is 1.21. The number of rotatable bonds is 7. The van der Waals surface area contributed by atoms with Crippen molar-refractivity contribution in [2.75, 3.05) is 11.5 Å². The first kappa shape index (κ1) is 22.3. The standard InChI is InChI=1S/C6H12N2O4S2.2Sn/c7-3(5(9)10)1-13-14-2-4(8)6(11)12;;/h3-4H,1-2,7-8H2,(H,9,10)(H,11,12);;/t3-,4-;;/m0../s1. The Bertz CT molecular complexity index is 201. The zero-order valence-corrected chi connectivity index (χ0v) is 15.6. The monoisotopic (exact) mass is 480 g/mol. The van der Waals surface area contributed by atoms with Gasteiger partial charge in [0, 0.05) is 59.3 Å². The fourth-order valence-electron chi connectivity index (χ4n) is 0.385. The summed E-state index contributed by atoms with van der Waals surface area (Å²) in [6.07, 6.45) is 0. The van der Waals surface area contributed by atoms with Gasteiger partial charge in [-0.15, -0.1) is 0 Å². The summed E-state index contributed by atoms with van der Waals surface area (Å²) in [6.45, 7) is 0. The van der Waals surface area contributed by atoms with Crippen LogP contribution >= 0.6 is 21.6 Å². The van der Waals surface area contributed by atoms with E-state index in [4.69, 9.17) is 21.7 Å². The molecule has 0 aliphatic rings. The van der Waals surface area contributed by atoms with E-state index in [9.17, 15) is 9.59 Å². The number of hydrogen-bond acceptors (Lipinski definition) is 6. The molecule has 0 rings (SSSR count). The first-order valence-corrected chi connectivity index (χ1v) is 6.15. The molecule has 0 heterocycles. The summed E-state index contributed by atoms with van der Waals surface area (Å²) in [7, 11) is 2.41. The molecule has 10 heteroatoms. The average Bonchev–Trinajstić information content (AvgIpc) is 2.11. The van der Waals surface area contributed by atoms with Crippen molar-refractivity contribution in [2.24, 2.45) is 11.5 Å². The van der Waals surface area contributed by atoms with E-state index in [1.165, 1.54) is 21.6 Å². The van der Waals surface area contributed by atoms with Gasteiger partial charge in [0.25, 0.3) is 0 Å². The number of hydrogen-bond donors (Lipinski definition) is 4. The van der Waals surface area contributed by atoms with Crippen LogP contribution in [0, 0.1) is 0 Å². The van der Waals surface area contributed by atoms with Crippen LogP contribution in [-0.4, -0.2) is 93.6 Å². The Morgan fingerprint density at radius 3 is 1.38 bits per heavy atom. The van der Waals surface area contributed by atoms with E-state index in [0.717, 1.165) is 0 Å². The van der Waals surface area contributed by atoms with Gasteiger partial charge in [0.05, 0.1) is 0 Å². The third kappa shape index (κ3) is 11.6. The van der Waals surface area contributed by atoms with E-state index in [0.29, 0.717) is 0 Å². The summed E-state index contributed by atoms with van der Waals surface area (Å²) in [5.74, 6) is -1.68. The molecule has 6 N–H and O–H groups in total. The van der Waals surface area contributed by atoms with Gasteiger partial charge in [-0.3, -0.25) is 9.59 Å². The largest absolute Gasteiger partial charge is 0.480 e. The van der Waals surface area contributed by atoms with E-state index in [1.807, 2.05) is 0 Å². The van der Waals surface area contributed by atoms with Crippen LogP contribution in [0.25, 0.3) is 0 Å². The molecule has 16 heavy (non-hydrogen) atoms. The molecule has 0 unspecified atom stereocenters. The first-order valence-electron chi connectivity index (χ1n) is 3.66. The van der Waals surface area contributed by atoms with Crippen LogP contribution in [0.1, 0.15) is 0 Å². The Morgan fingerprint density at radius 1 is 0.938 bits per heavy atom. The molecule has 0 aliphatic carbocycles. The normalized spacial score (nSPS) is 12.9. The minimum absolute atomic E-state index is 0. The molecule has 90 valence electrons. The maximum absolute atomic E-state index is 10.3. The Labute approximate surface area is 135 Å². The predicted molar refractivity (Wildman–Crippen MR) is 67.6 cm³/mol. The van der Waals surface area contributed by atoms with E-state index < -0.39 is 24.0 Å². The van der Waals surface area contributed by atoms with E-state index in [-0.39, 0.29) is 59.3 Å². The number of carbonyl (C=O) groups is 2. The molecule has 0 aliphatic heterocycles. The molecular formula is C6H12N2O4S2Sn2. The third-order valence-corrected chi connectivity index (χ3v) is 3.69. The van der Waals surface area contributed by atoms with Crippen molar-refractivity contribution >= 4 is 81.3 Å². The smallest absolute Gasteiger partial charge is 0.321 e. The molecule has 0 fully saturated rings. The van der Waals surface area contributed by atoms with Crippen LogP contribution in [0.4, 0.5) is 0 Å². The second-order valence-corrected chi connectivity index (χ2v) is 5.01. The summed E-state index contributed by atoms with van der Waals surface area (Å²) < 4.78 is 0. The van der Waals surface area contributed by atoms with Crippen molar-refractivity contribution in [3.63, 3.8) is 0 Å². The van der Waals surface area contributed by atoms with Crippen molar-refractivity contribution in [3.8, 4) is 0 Å². The fraction of sp³-hybridized carbons (Fsp3) is 0.667. The molecule has 2 atom stereocenters. The second kappa shape index (κ2) is 12.6. The van der Waals surface area contributed by atoms with Gasteiger partial charge in [-0.2, -0.15) is 0 Å². The number of carboxylic acid groups (broad SMARTS) is 2. The molecule has 0 saturated heterocycles. The Morgan fingerprint density at radius 2 is 1.19 bits per heavy atom. The van der Waals surface area contributed by atoms with Gasteiger partial charge >= 0.3 is 11.9 Å². The van der Waals surface area contributed by atoms with Crippen LogP contribution in [-0.2, 0) is 9.59 Å². The summed E-state index contributed by atoms with van der Waals surface area (Å²) in [6, 6.07) is -1.85. The van der Waals surface area contributed by atoms with Crippen LogP contribution in [0.2, 0.25) is 0 Å². The van der Waals surface area contributed by atoms with Gasteiger partial charge in [-0.05, 0) is 0 Å². The van der Waals surface area contributed by atoms with Crippen molar-refractivity contribution in [3.05, 3.63) is 0 Å². The molecule has 0 aromatic carbocycles. The molecular weight excluding hydrogens is 466 g/mol. The molecule has 0 saturated carbocycles. The van der Waals surface area contributed by atoms with Gasteiger partial charge in [0.15, 0.2) is 0 Å². The zero-order chi connectivity index (χ0) is 11.1. The molecule has 0 amide bonds. The summed E-state index contributed by atoms with van der Waals surface area (Å²) in [4.78, 5) is 20.5. The molecule has 8 radical (unpaired) electrons. The van der Waals surface area contributed by atoms with Crippen molar-refractivity contribution in [2.45, 2.75) is 12.1 Å². The maximum Gasteiger partial charge on any atom is 0.321 e. The van der Waals surface area contributed by atoms with E-state index in [2.05, 4.69) is 0 Å². The van der Waals surface area contributed by atoms with Crippen molar-refractivity contribution < 1.29 is 19.8 Å². The topological polar surface area (TPSA) is 127 Å². The van der Waals surface area contributed by atoms with Crippen LogP contribution in [0.15, 0.2) is 0 Å².